The fourth-order valence-corrected chi connectivity index (χ4v) is 1.82. The van der Waals surface area contributed by atoms with Crippen molar-refractivity contribution >= 4 is 17.5 Å². The molecule has 0 spiro atoms. The summed E-state index contributed by atoms with van der Waals surface area (Å²) in [6.45, 7) is 4.18. The minimum atomic E-state index is -1.08. The van der Waals surface area contributed by atoms with E-state index in [4.69, 9.17) is 5.11 Å². The minimum absolute atomic E-state index is 0.0666. The second-order valence-electron chi connectivity index (χ2n) is 4.21. The molecule has 0 atom stereocenters. The molecule has 0 unspecified atom stereocenters. The van der Waals surface area contributed by atoms with Gasteiger partial charge in [-0.05, 0) is 36.6 Å². The fraction of sp³-hybridized carbons (Fsp3) is 0.214. The van der Waals surface area contributed by atoms with E-state index in [0.29, 0.717) is 5.82 Å². The Morgan fingerprint density at radius 3 is 2.63 bits per heavy atom. The predicted molar refractivity (Wildman–Crippen MR) is 72.8 cm³/mol. The number of aromatic carboxylic acids is 1. The van der Waals surface area contributed by atoms with E-state index < -0.39 is 5.97 Å². The van der Waals surface area contributed by atoms with Crippen molar-refractivity contribution in [1.82, 2.24) is 9.97 Å². The second-order valence-corrected chi connectivity index (χ2v) is 4.21. The van der Waals surface area contributed by atoms with Crippen LogP contribution in [0.4, 0.5) is 11.5 Å². The lowest BCUT2D eigenvalue weighted by molar-refractivity contribution is 0.0690. The largest absolute Gasteiger partial charge is 0.476 e. The molecule has 0 saturated heterocycles. The van der Waals surface area contributed by atoms with Gasteiger partial charge in [-0.25, -0.2) is 14.8 Å². The van der Waals surface area contributed by atoms with Crippen LogP contribution in [0.25, 0.3) is 0 Å². The smallest absolute Gasteiger partial charge is 0.356 e. The highest BCUT2D eigenvalue weighted by Crippen LogP contribution is 2.18. The number of hydrogen-bond donors (Lipinski definition) is 2. The Morgan fingerprint density at radius 2 is 2.11 bits per heavy atom. The van der Waals surface area contributed by atoms with E-state index in [1.54, 1.807) is 0 Å². The zero-order chi connectivity index (χ0) is 13.8. The van der Waals surface area contributed by atoms with Crippen molar-refractivity contribution in [3.63, 3.8) is 0 Å². The number of anilines is 2. The fourth-order valence-electron chi connectivity index (χ4n) is 1.82. The zero-order valence-electron chi connectivity index (χ0n) is 10.8. The highest BCUT2D eigenvalue weighted by Gasteiger charge is 2.05. The second kappa shape index (κ2) is 5.48. The van der Waals surface area contributed by atoms with Crippen LogP contribution in [0, 0.1) is 6.92 Å². The van der Waals surface area contributed by atoms with Crippen LogP contribution in [-0.2, 0) is 6.42 Å². The Bertz CT molecular complexity index is 594. The van der Waals surface area contributed by atoms with Crippen LogP contribution in [0.3, 0.4) is 0 Å². The van der Waals surface area contributed by atoms with Crippen molar-refractivity contribution in [2.45, 2.75) is 20.3 Å². The molecule has 0 amide bonds. The van der Waals surface area contributed by atoms with Gasteiger partial charge in [0.1, 0.15) is 5.82 Å². The molecule has 5 nitrogen and oxygen atoms in total. The standard InChI is InChI=1S/C14H15N3O2/c1-3-10-4-5-11(6-9(10)2)17-13-8-15-12(7-16-13)14(18)19/h4-8H,3H2,1-2H3,(H,16,17)(H,18,19). The number of aromatic nitrogens is 2. The third-order valence-electron chi connectivity index (χ3n) is 2.87. The summed E-state index contributed by atoms with van der Waals surface area (Å²) < 4.78 is 0. The van der Waals surface area contributed by atoms with Gasteiger partial charge in [-0.15, -0.1) is 0 Å². The van der Waals surface area contributed by atoms with E-state index in [9.17, 15) is 4.79 Å². The number of nitrogens with one attached hydrogen (secondary N) is 1. The molecule has 0 bridgehead atoms. The molecule has 5 heteroatoms. The average Bonchev–Trinajstić information content (AvgIpc) is 2.39. The quantitative estimate of drug-likeness (QED) is 0.880. The lowest BCUT2D eigenvalue weighted by Gasteiger charge is -2.08. The first-order valence-electron chi connectivity index (χ1n) is 6.02. The molecule has 0 aliphatic carbocycles. The van der Waals surface area contributed by atoms with Gasteiger partial charge in [-0.3, -0.25) is 0 Å². The molecular formula is C14H15N3O2. The Labute approximate surface area is 111 Å². The topological polar surface area (TPSA) is 75.1 Å². The van der Waals surface area contributed by atoms with Crippen LogP contribution in [0.2, 0.25) is 0 Å². The Kier molecular flexibility index (Phi) is 3.75. The Hall–Kier alpha value is -2.43. The third-order valence-corrected chi connectivity index (χ3v) is 2.87. The highest BCUT2D eigenvalue weighted by molar-refractivity contribution is 5.85. The summed E-state index contributed by atoms with van der Waals surface area (Å²) >= 11 is 0. The average molecular weight is 257 g/mol. The molecule has 2 N–H and O–H groups in total. The number of carboxylic acids is 1. The summed E-state index contributed by atoms with van der Waals surface area (Å²) in [5.74, 6) is -0.559. The summed E-state index contributed by atoms with van der Waals surface area (Å²) in [7, 11) is 0. The van der Waals surface area contributed by atoms with Gasteiger partial charge in [-0.2, -0.15) is 0 Å². The molecule has 0 radical (unpaired) electrons. The molecule has 2 aromatic rings. The maximum atomic E-state index is 10.7. The molecule has 98 valence electrons. The van der Waals surface area contributed by atoms with Crippen molar-refractivity contribution in [3.8, 4) is 0 Å². The molecule has 0 fully saturated rings. The molecule has 2 rings (SSSR count). The number of aryl methyl sites for hydroxylation is 2. The minimum Gasteiger partial charge on any atom is -0.476 e. The molecule has 0 aliphatic rings. The Balaban J connectivity index is 2.16. The van der Waals surface area contributed by atoms with Crippen LogP contribution in [-0.4, -0.2) is 21.0 Å². The van der Waals surface area contributed by atoms with E-state index in [1.165, 1.54) is 23.5 Å². The van der Waals surface area contributed by atoms with E-state index in [1.807, 2.05) is 12.1 Å². The van der Waals surface area contributed by atoms with E-state index >= 15 is 0 Å². The Morgan fingerprint density at radius 1 is 1.32 bits per heavy atom. The lowest BCUT2D eigenvalue weighted by Crippen LogP contribution is -2.03. The van der Waals surface area contributed by atoms with Gasteiger partial charge in [0, 0.05) is 5.69 Å². The molecule has 1 aromatic carbocycles. The maximum absolute atomic E-state index is 10.7. The molecule has 0 saturated carbocycles. The summed E-state index contributed by atoms with van der Waals surface area (Å²) in [6, 6.07) is 6.07. The number of carboxylic acid groups (broad SMARTS) is 1. The maximum Gasteiger partial charge on any atom is 0.356 e. The molecule has 0 aliphatic heterocycles. The van der Waals surface area contributed by atoms with Gasteiger partial charge in [0.25, 0.3) is 0 Å². The number of benzene rings is 1. The van der Waals surface area contributed by atoms with Crippen molar-refractivity contribution in [3.05, 3.63) is 47.4 Å². The summed E-state index contributed by atoms with van der Waals surface area (Å²) in [5.41, 5.74) is 3.36. The monoisotopic (exact) mass is 257 g/mol. The van der Waals surface area contributed by atoms with Gasteiger partial charge in [0.2, 0.25) is 0 Å². The number of rotatable bonds is 4. The predicted octanol–water partition coefficient (Wildman–Crippen LogP) is 2.79. The highest BCUT2D eigenvalue weighted by atomic mass is 16.4. The molecule has 19 heavy (non-hydrogen) atoms. The molecule has 1 heterocycles. The summed E-state index contributed by atoms with van der Waals surface area (Å²) in [4.78, 5) is 18.5. The summed E-state index contributed by atoms with van der Waals surface area (Å²) in [6.07, 6.45) is 3.64. The lowest BCUT2D eigenvalue weighted by atomic mass is 10.1. The summed E-state index contributed by atoms with van der Waals surface area (Å²) in [5, 5.41) is 11.8. The van der Waals surface area contributed by atoms with Crippen LogP contribution < -0.4 is 5.32 Å². The van der Waals surface area contributed by atoms with Crippen molar-refractivity contribution in [2.75, 3.05) is 5.32 Å². The van der Waals surface area contributed by atoms with Crippen molar-refractivity contribution in [2.24, 2.45) is 0 Å². The zero-order valence-corrected chi connectivity index (χ0v) is 10.8. The van der Waals surface area contributed by atoms with Crippen LogP contribution in [0.15, 0.2) is 30.6 Å². The van der Waals surface area contributed by atoms with E-state index in [-0.39, 0.29) is 5.69 Å². The third kappa shape index (κ3) is 3.07. The van der Waals surface area contributed by atoms with Gasteiger partial charge >= 0.3 is 5.97 Å². The van der Waals surface area contributed by atoms with E-state index in [0.717, 1.165) is 12.1 Å². The number of carbonyl (C=O) groups is 1. The van der Waals surface area contributed by atoms with Gasteiger partial charge in [-0.1, -0.05) is 13.0 Å². The van der Waals surface area contributed by atoms with E-state index in [2.05, 4.69) is 35.2 Å². The first-order valence-corrected chi connectivity index (χ1v) is 6.02. The SMILES string of the molecule is CCc1ccc(Nc2cnc(C(=O)O)cn2)cc1C. The van der Waals surface area contributed by atoms with Crippen LogP contribution >= 0.6 is 0 Å². The van der Waals surface area contributed by atoms with Gasteiger partial charge < -0.3 is 10.4 Å². The van der Waals surface area contributed by atoms with Crippen LogP contribution in [0.1, 0.15) is 28.5 Å². The molecule has 1 aromatic heterocycles. The first-order chi connectivity index (χ1) is 9.10. The molecular weight excluding hydrogens is 242 g/mol. The van der Waals surface area contributed by atoms with Gasteiger partial charge in [0.05, 0.1) is 12.4 Å². The normalized spacial score (nSPS) is 10.2. The van der Waals surface area contributed by atoms with Crippen LogP contribution in [0.5, 0.6) is 0 Å². The number of hydrogen-bond acceptors (Lipinski definition) is 4. The number of nitrogens with zero attached hydrogens (tertiary/aromatic N) is 2. The van der Waals surface area contributed by atoms with Gasteiger partial charge in [0.15, 0.2) is 5.69 Å². The van der Waals surface area contributed by atoms with Crippen molar-refractivity contribution in [1.29, 1.82) is 0 Å². The first kappa shape index (κ1) is 13.0. The van der Waals surface area contributed by atoms with Crippen molar-refractivity contribution < 1.29 is 9.90 Å².